The van der Waals surface area contributed by atoms with Crippen LogP contribution in [0.4, 0.5) is 4.79 Å². The third-order valence-electron chi connectivity index (χ3n) is 11.4. The van der Waals surface area contributed by atoms with E-state index in [1.807, 2.05) is 55.5 Å². The lowest BCUT2D eigenvalue weighted by Gasteiger charge is -2.46. The number of carbonyl (C=O) groups excluding carboxylic acids is 2. The molecule has 0 radical (unpaired) electrons. The minimum Gasteiger partial charge on any atom is -0.497 e. The Labute approximate surface area is 303 Å². The first-order valence-electron chi connectivity index (χ1n) is 18.4. The highest BCUT2D eigenvalue weighted by Gasteiger charge is 2.57. The molecule has 5 atom stereocenters. The van der Waals surface area contributed by atoms with Gasteiger partial charge in [0, 0.05) is 36.8 Å². The molecule has 0 spiro atoms. The Kier molecular flexibility index (Phi) is 12.8. The van der Waals surface area contributed by atoms with Crippen molar-refractivity contribution in [2.45, 2.75) is 95.8 Å². The van der Waals surface area contributed by atoms with E-state index in [1.54, 1.807) is 43.4 Å². The summed E-state index contributed by atoms with van der Waals surface area (Å²) in [4.78, 5) is 30.1. The van der Waals surface area contributed by atoms with E-state index in [0.717, 1.165) is 29.5 Å². The summed E-state index contributed by atoms with van der Waals surface area (Å²) < 4.78 is 10.7. The summed E-state index contributed by atoms with van der Waals surface area (Å²) in [7, 11) is 3.25. The smallest absolute Gasteiger partial charge is 0.317 e. The van der Waals surface area contributed by atoms with Gasteiger partial charge in [-0.25, -0.2) is 4.79 Å². The number of hydrogen-bond donors (Lipinski definition) is 3. The van der Waals surface area contributed by atoms with Crippen molar-refractivity contribution in [3.63, 3.8) is 0 Å². The topological polar surface area (TPSA) is 108 Å². The minimum absolute atomic E-state index is 0.0971. The van der Waals surface area contributed by atoms with E-state index in [4.69, 9.17) is 9.47 Å². The van der Waals surface area contributed by atoms with E-state index >= 15 is 0 Å². The van der Waals surface area contributed by atoms with Crippen LogP contribution in [0.5, 0.6) is 5.75 Å². The molecule has 274 valence electrons. The molecule has 2 amide bonds. The van der Waals surface area contributed by atoms with Crippen molar-refractivity contribution in [2.75, 3.05) is 33.9 Å². The second kappa shape index (κ2) is 17.0. The SMILES string of the molecule is COCCCN(C[C@]1(O)CC[C@H]2c3ccc(cc3C(=O)c3ccc(OC)cc3)C[C@@H](O)CCC(C)=CCC[C@@]21C)C(=O)N[C@H](C)c1ccccc1. The molecule has 0 aromatic heterocycles. The Morgan fingerprint density at radius 1 is 1.02 bits per heavy atom. The highest BCUT2D eigenvalue weighted by Crippen LogP contribution is 2.59. The quantitative estimate of drug-likeness (QED) is 0.107. The second-order valence-electron chi connectivity index (χ2n) is 14.9. The molecule has 0 aliphatic heterocycles. The van der Waals surface area contributed by atoms with Gasteiger partial charge in [-0.3, -0.25) is 4.79 Å². The van der Waals surface area contributed by atoms with Crippen molar-refractivity contribution < 1.29 is 29.3 Å². The zero-order valence-corrected chi connectivity index (χ0v) is 31.0. The molecule has 1 saturated carbocycles. The number of ether oxygens (including phenoxy) is 2. The number of aliphatic hydroxyl groups excluding tert-OH is 1. The van der Waals surface area contributed by atoms with Crippen molar-refractivity contribution in [3.8, 4) is 5.75 Å². The van der Waals surface area contributed by atoms with Crippen molar-refractivity contribution in [1.29, 1.82) is 0 Å². The van der Waals surface area contributed by atoms with Gasteiger partial charge in [0.25, 0.3) is 0 Å². The Balaban J connectivity index is 1.54. The lowest BCUT2D eigenvalue weighted by molar-refractivity contribution is -0.0775. The van der Waals surface area contributed by atoms with Crippen LogP contribution in [-0.4, -0.2) is 72.5 Å². The Morgan fingerprint density at radius 2 is 1.76 bits per heavy atom. The molecule has 3 aliphatic carbocycles. The molecule has 3 aliphatic rings. The van der Waals surface area contributed by atoms with Crippen LogP contribution in [0, 0.1) is 5.41 Å². The fourth-order valence-electron chi connectivity index (χ4n) is 8.16. The molecule has 0 unspecified atom stereocenters. The first kappa shape index (κ1) is 38.3. The molecular weight excluding hydrogens is 640 g/mol. The zero-order chi connectivity index (χ0) is 36.6. The monoisotopic (exact) mass is 696 g/mol. The summed E-state index contributed by atoms with van der Waals surface area (Å²) in [6.45, 7) is 7.31. The summed E-state index contributed by atoms with van der Waals surface area (Å²) in [6, 6.07) is 22.6. The predicted octanol–water partition coefficient (Wildman–Crippen LogP) is 7.77. The highest BCUT2D eigenvalue weighted by molar-refractivity contribution is 6.10. The molecule has 3 N–H and O–H groups in total. The Morgan fingerprint density at radius 3 is 2.47 bits per heavy atom. The number of carbonyl (C=O) groups is 2. The maximum Gasteiger partial charge on any atom is 0.317 e. The maximum atomic E-state index is 14.4. The third kappa shape index (κ3) is 8.91. The van der Waals surface area contributed by atoms with Crippen LogP contribution >= 0.6 is 0 Å². The van der Waals surface area contributed by atoms with Gasteiger partial charge < -0.3 is 29.9 Å². The third-order valence-corrected chi connectivity index (χ3v) is 11.4. The van der Waals surface area contributed by atoms with Crippen LogP contribution in [0.25, 0.3) is 0 Å². The van der Waals surface area contributed by atoms with Gasteiger partial charge >= 0.3 is 6.03 Å². The molecule has 3 aromatic carbocycles. The number of amides is 2. The molecule has 6 rings (SSSR count). The number of methoxy groups -OCH3 is 2. The van der Waals surface area contributed by atoms with Crippen molar-refractivity contribution in [2.24, 2.45) is 5.41 Å². The summed E-state index contributed by atoms with van der Waals surface area (Å²) in [5, 5.41) is 27.1. The number of urea groups is 1. The Hall–Kier alpha value is -3.98. The van der Waals surface area contributed by atoms with Crippen LogP contribution in [0.3, 0.4) is 0 Å². The summed E-state index contributed by atoms with van der Waals surface area (Å²) >= 11 is 0. The van der Waals surface area contributed by atoms with Gasteiger partial charge in [0.2, 0.25) is 0 Å². The molecule has 3 aromatic rings. The van der Waals surface area contributed by atoms with E-state index in [1.165, 1.54) is 5.57 Å². The standard InChI is InChI=1S/C43H56N2O6/c1-30-11-9-23-42(3)39(22-24-43(42,49)29-45(25-10-26-50-4)41(48)44-31(2)33-12-7-6-8-13-33)37-21-15-32(27-35(46)18-14-30)28-38(37)40(47)34-16-19-36(51-5)20-17-34/h6-8,11-13,15-17,19-21,28,31,35,39,46,49H,9-10,14,18,22-27,29H2,1-5H3,(H,44,48)/t31-,35+,39+,42+,43-/m1/s1. The van der Waals surface area contributed by atoms with Crippen molar-refractivity contribution >= 4 is 11.8 Å². The molecule has 0 heterocycles. The molecule has 0 saturated heterocycles. The number of nitrogens with zero attached hydrogens (tertiary/aromatic N) is 1. The lowest BCUT2D eigenvalue weighted by Crippen LogP contribution is -2.55. The summed E-state index contributed by atoms with van der Waals surface area (Å²) in [6.07, 6.45) is 6.74. The molecule has 8 heteroatoms. The molecule has 51 heavy (non-hydrogen) atoms. The first-order chi connectivity index (χ1) is 24.5. The molecule has 2 bridgehead atoms. The Bertz CT molecular complexity index is 1660. The van der Waals surface area contributed by atoms with Crippen LogP contribution in [0.2, 0.25) is 0 Å². The number of allylic oxidation sites excluding steroid dienone is 2. The van der Waals surface area contributed by atoms with Gasteiger partial charge in [-0.05, 0) is 118 Å². The van der Waals surface area contributed by atoms with Crippen LogP contribution in [0.15, 0.2) is 84.4 Å². The predicted molar refractivity (Wildman–Crippen MR) is 201 cm³/mol. The number of aliphatic hydroxyl groups is 2. The van der Waals surface area contributed by atoms with Gasteiger partial charge in [-0.1, -0.05) is 61.0 Å². The van der Waals surface area contributed by atoms with Gasteiger partial charge in [-0.2, -0.15) is 0 Å². The van der Waals surface area contributed by atoms with Crippen LogP contribution in [0.1, 0.15) is 110 Å². The van der Waals surface area contributed by atoms with Crippen molar-refractivity contribution in [3.05, 3.63) is 112 Å². The number of benzene rings is 3. The van der Waals surface area contributed by atoms with E-state index in [9.17, 15) is 19.8 Å². The summed E-state index contributed by atoms with van der Waals surface area (Å²) in [5.41, 5.74) is 3.28. The van der Waals surface area contributed by atoms with E-state index < -0.39 is 17.1 Å². The molecule has 1 fully saturated rings. The number of nitrogens with one attached hydrogen (secondary N) is 1. The van der Waals surface area contributed by atoms with E-state index in [2.05, 4.69) is 25.2 Å². The number of ketones is 1. The average Bonchev–Trinajstić information content (AvgIpc) is 3.38. The largest absolute Gasteiger partial charge is 0.497 e. The van der Waals surface area contributed by atoms with E-state index in [-0.39, 0.29) is 30.3 Å². The van der Waals surface area contributed by atoms with Gasteiger partial charge in [0.15, 0.2) is 5.78 Å². The highest BCUT2D eigenvalue weighted by atomic mass is 16.5. The van der Waals surface area contributed by atoms with Gasteiger partial charge in [0.1, 0.15) is 5.75 Å². The summed E-state index contributed by atoms with van der Waals surface area (Å²) in [5.74, 6) is 0.426. The van der Waals surface area contributed by atoms with Gasteiger partial charge in [0.05, 0.1) is 31.4 Å². The number of hydrogen-bond acceptors (Lipinski definition) is 6. The minimum atomic E-state index is -1.23. The zero-order valence-electron chi connectivity index (χ0n) is 31.0. The first-order valence-corrected chi connectivity index (χ1v) is 18.4. The normalized spacial score (nSPS) is 24.2. The number of rotatable bonds is 11. The molecular formula is C43H56N2O6. The lowest BCUT2D eigenvalue weighted by atomic mass is 9.64. The number of fused-ring (bicyclic) bond motifs is 8. The van der Waals surface area contributed by atoms with Gasteiger partial charge in [-0.15, -0.1) is 0 Å². The fraction of sp³-hybridized carbons (Fsp3) is 0.488. The fourth-order valence-corrected chi connectivity index (χ4v) is 8.16. The maximum absolute atomic E-state index is 14.4. The van der Waals surface area contributed by atoms with Crippen molar-refractivity contribution in [1.82, 2.24) is 10.2 Å². The average molecular weight is 697 g/mol. The van der Waals surface area contributed by atoms with Crippen LogP contribution in [-0.2, 0) is 11.2 Å². The van der Waals surface area contributed by atoms with E-state index in [0.29, 0.717) is 68.6 Å². The molecule has 8 nitrogen and oxygen atoms in total. The second-order valence-corrected chi connectivity index (χ2v) is 14.9. The van der Waals surface area contributed by atoms with Crippen LogP contribution < -0.4 is 10.1 Å².